The van der Waals surface area contributed by atoms with Gasteiger partial charge in [-0.05, 0) is 54.6 Å². The summed E-state index contributed by atoms with van der Waals surface area (Å²) in [5.74, 6) is -0.477. The molecule has 0 bridgehead atoms. The number of anilines is 2. The van der Waals surface area contributed by atoms with Gasteiger partial charge in [-0.3, -0.25) is 0 Å². The van der Waals surface area contributed by atoms with Crippen LogP contribution in [0.25, 0.3) is 0 Å². The second-order valence-corrected chi connectivity index (χ2v) is 9.56. The predicted octanol–water partition coefficient (Wildman–Crippen LogP) is 5.93. The summed E-state index contributed by atoms with van der Waals surface area (Å²) in [5, 5.41) is 14.0. The highest BCUT2D eigenvalue weighted by Crippen LogP contribution is 2.54. The highest BCUT2D eigenvalue weighted by atomic mass is 79.9. The van der Waals surface area contributed by atoms with Gasteiger partial charge in [0.05, 0.1) is 24.2 Å². The maximum Gasteiger partial charge on any atom is 0.365 e. The molecule has 2 heterocycles. The van der Waals surface area contributed by atoms with E-state index in [2.05, 4.69) is 35.0 Å². The molecule has 0 saturated heterocycles. The number of carbonyl (C=O) groups is 1. The summed E-state index contributed by atoms with van der Waals surface area (Å²) in [6.07, 6.45) is 0.768. The molecule has 1 spiro atoms. The molecule has 3 aromatic rings. The van der Waals surface area contributed by atoms with Crippen molar-refractivity contribution in [2.24, 2.45) is 10.2 Å². The molecule has 0 radical (unpaired) electrons. The van der Waals surface area contributed by atoms with Gasteiger partial charge in [-0.15, -0.1) is 0 Å². The first-order valence-corrected chi connectivity index (χ1v) is 12.1. The van der Waals surface area contributed by atoms with E-state index in [1.54, 1.807) is 0 Å². The van der Waals surface area contributed by atoms with E-state index in [0.29, 0.717) is 0 Å². The molecule has 0 aliphatic carbocycles. The molecule has 1 atom stereocenters. The number of nitrogens with zero attached hydrogens (tertiary/aromatic N) is 4. The molecule has 0 unspecified atom stereocenters. The van der Waals surface area contributed by atoms with Crippen LogP contribution in [-0.4, -0.2) is 23.8 Å². The Kier molecular flexibility index (Phi) is 5.72. The lowest BCUT2D eigenvalue weighted by atomic mass is 9.96. The van der Waals surface area contributed by atoms with Crippen molar-refractivity contribution in [1.82, 2.24) is 0 Å². The topological polar surface area (TPSA) is 57.5 Å². The number of benzene rings is 3. The van der Waals surface area contributed by atoms with Crippen LogP contribution < -0.4 is 10.0 Å². The minimum atomic E-state index is -0.950. The molecule has 166 valence electrons. The van der Waals surface area contributed by atoms with Gasteiger partial charge in [0, 0.05) is 15.6 Å². The Balaban J connectivity index is 1.81. The highest BCUT2D eigenvalue weighted by molar-refractivity contribution is 9.10. The normalized spacial score (nSPS) is 19.2. The molecule has 2 aliphatic heterocycles. The number of halogens is 1. The quantitative estimate of drug-likeness (QED) is 0.398. The van der Waals surface area contributed by atoms with E-state index in [0.717, 1.165) is 39.1 Å². The molecular weight excluding hydrogens is 500 g/mol. The second kappa shape index (κ2) is 8.68. The van der Waals surface area contributed by atoms with Gasteiger partial charge in [0.15, 0.2) is 0 Å². The molecule has 2 aliphatic rings. The Bertz CT molecular complexity index is 1260. The number of thioether (sulfide) groups is 1. The maximum absolute atomic E-state index is 12.7. The smallest absolute Gasteiger partial charge is 0.365 e. The Morgan fingerprint density at radius 2 is 1.58 bits per heavy atom. The molecule has 0 saturated carbocycles. The van der Waals surface area contributed by atoms with E-state index < -0.39 is 11.0 Å². The van der Waals surface area contributed by atoms with Crippen LogP contribution in [0.3, 0.4) is 0 Å². The molecule has 8 heteroatoms. The Morgan fingerprint density at radius 1 is 0.939 bits per heavy atom. The van der Waals surface area contributed by atoms with E-state index in [1.807, 2.05) is 76.7 Å². The minimum absolute atomic E-state index is 0.270. The third kappa shape index (κ3) is 3.54. The summed E-state index contributed by atoms with van der Waals surface area (Å²) < 4.78 is 6.02. The van der Waals surface area contributed by atoms with E-state index in [-0.39, 0.29) is 5.04 Å². The number of carbonyl (C=O) groups excluding carboxylic acids is 1. The molecule has 5 rings (SSSR count). The summed E-state index contributed by atoms with van der Waals surface area (Å²) in [5.41, 5.74) is 4.76. The zero-order valence-corrected chi connectivity index (χ0v) is 20.5. The van der Waals surface area contributed by atoms with Crippen molar-refractivity contribution in [2.75, 3.05) is 17.1 Å². The number of esters is 1. The third-order valence-electron chi connectivity index (χ3n) is 5.58. The van der Waals surface area contributed by atoms with Gasteiger partial charge >= 0.3 is 5.97 Å². The van der Waals surface area contributed by atoms with E-state index >= 15 is 0 Å². The van der Waals surface area contributed by atoms with Gasteiger partial charge < -0.3 is 4.74 Å². The average Bonchev–Trinajstić information content (AvgIpc) is 3.26. The molecule has 0 N–H and O–H groups in total. The van der Waals surface area contributed by atoms with Gasteiger partial charge in [-0.1, -0.05) is 65.3 Å². The number of hydrogen-bond acceptors (Lipinski definition) is 7. The van der Waals surface area contributed by atoms with Gasteiger partial charge in [-0.25, -0.2) is 14.8 Å². The number of para-hydroxylation sites is 1. The number of rotatable bonds is 4. The summed E-state index contributed by atoms with van der Waals surface area (Å²) >= 11 is 4.85. The minimum Gasteiger partial charge on any atom is -0.464 e. The number of hydrogen-bond donors (Lipinski definition) is 0. The van der Waals surface area contributed by atoms with Crippen molar-refractivity contribution in [2.45, 2.75) is 18.3 Å². The van der Waals surface area contributed by atoms with Crippen LogP contribution in [-0.2, 0) is 14.5 Å². The van der Waals surface area contributed by atoms with E-state index in [1.165, 1.54) is 18.9 Å². The van der Waals surface area contributed by atoms with Crippen LogP contribution in [0.4, 0.5) is 11.4 Å². The third-order valence-corrected chi connectivity index (χ3v) is 7.40. The summed E-state index contributed by atoms with van der Waals surface area (Å²) in [6, 6.07) is 26.0. The lowest BCUT2D eigenvalue weighted by molar-refractivity contribution is -0.132. The van der Waals surface area contributed by atoms with Crippen molar-refractivity contribution in [1.29, 1.82) is 0 Å². The van der Waals surface area contributed by atoms with E-state index in [4.69, 9.17) is 14.9 Å². The van der Waals surface area contributed by atoms with E-state index in [9.17, 15) is 4.79 Å². The van der Waals surface area contributed by atoms with Crippen LogP contribution in [0.5, 0.6) is 0 Å². The standard InChI is InChI=1S/C25H21BrN4O2S/c1-3-22-20-11-7-8-12-21(20)25(29(27-22)18-9-5-4-6-10-18)30(19-15-13-17(26)14-16-19)28-23(33-25)24(31)32-2/h4-16H,3H2,1-2H3/t25-/m0/s1. The highest BCUT2D eigenvalue weighted by Gasteiger charge is 2.56. The summed E-state index contributed by atoms with van der Waals surface area (Å²) in [4.78, 5) is 11.7. The first kappa shape index (κ1) is 21.7. The van der Waals surface area contributed by atoms with Crippen molar-refractivity contribution in [3.8, 4) is 0 Å². The first-order valence-electron chi connectivity index (χ1n) is 10.5. The SMILES string of the molecule is CCC1=NN(c2ccccc2)[C@@]2(SC(C(=O)OC)=NN2c2ccc(Br)cc2)c2ccccc21. The second-order valence-electron chi connectivity index (χ2n) is 7.49. The van der Waals surface area contributed by atoms with Crippen molar-refractivity contribution in [3.63, 3.8) is 0 Å². The van der Waals surface area contributed by atoms with Crippen molar-refractivity contribution >= 4 is 55.8 Å². The first-order chi connectivity index (χ1) is 16.1. The molecule has 3 aromatic carbocycles. The van der Waals surface area contributed by atoms with Crippen LogP contribution in [0.2, 0.25) is 0 Å². The van der Waals surface area contributed by atoms with Crippen LogP contribution in [0.1, 0.15) is 24.5 Å². The summed E-state index contributed by atoms with van der Waals surface area (Å²) in [6.45, 7) is 2.10. The Labute approximate surface area is 205 Å². The number of fused-ring (bicyclic) bond motifs is 2. The zero-order valence-electron chi connectivity index (χ0n) is 18.1. The zero-order chi connectivity index (χ0) is 23.0. The van der Waals surface area contributed by atoms with Crippen molar-refractivity contribution in [3.05, 3.63) is 94.5 Å². The van der Waals surface area contributed by atoms with Crippen LogP contribution in [0.15, 0.2) is 93.5 Å². The monoisotopic (exact) mass is 520 g/mol. The Hall–Kier alpha value is -3.10. The van der Waals surface area contributed by atoms with Gasteiger partial charge in [0.1, 0.15) is 0 Å². The Morgan fingerprint density at radius 3 is 2.27 bits per heavy atom. The summed E-state index contributed by atoms with van der Waals surface area (Å²) in [7, 11) is 1.37. The fourth-order valence-electron chi connectivity index (χ4n) is 4.08. The number of hydrazone groups is 2. The van der Waals surface area contributed by atoms with Gasteiger partial charge in [-0.2, -0.15) is 10.2 Å². The fourth-order valence-corrected chi connectivity index (χ4v) is 5.66. The average molecular weight is 521 g/mol. The largest absolute Gasteiger partial charge is 0.464 e. The molecule has 0 fully saturated rings. The fraction of sp³-hybridized carbons (Fsp3) is 0.160. The molecule has 0 aromatic heterocycles. The maximum atomic E-state index is 12.7. The molecule has 33 heavy (non-hydrogen) atoms. The molecule has 0 amide bonds. The van der Waals surface area contributed by atoms with Gasteiger partial charge in [0.2, 0.25) is 10.0 Å². The predicted molar refractivity (Wildman–Crippen MR) is 138 cm³/mol. The number of methoxy groups -OCH3 is 1. The number of ether oxygens (including phenoxy) is 1. The van der Waals surface area contributed by atoms with Gasteiger partial charge in [0.25, 0.3) is 0 Å². The van der Waals surface area contributed by atoms with Crippen LogP contribution in [0, 0.1) is 0 Å². The molecular formula is C25H21BrN4O2S. The van der Waals surface area contributed by atoms with Crippen LogP contribution >= 0.6 is 27.7 Å². The lowest BCUT2D eigenvalue weighted by Crippen LogP contribution is -2.53. The molecule has 6 nitrogen and oxygen atoms in total. The lowest BCUT2D eigenvalue weighted by Gasteiger charge is -2.47. The van der Waals surface area contributed by atoms with Crippen molar-refractivity contribution < 1.29 is 9.53 Å².